The Hall–Kier alpha value is -1.79. The van der Waals surface area contributed by atoms with Crippen LogP contribution in [0.15, 0.2) is 36.9 Å². The first-order chi connectivity index (χ1) is 8.20. The quantitative estimate of drug-likeness (QED) is 0.705. The van der Waals surface area contributed by atoms with Gasteiger partial charge >= 0.3 is 7.12 Å². The lowest BCUT2D eigenvalue weighted by atomic mass is 9.79. The molecule has 0 amide bonds. The lowest BCUT2D eigenvalue weighted by molar-refractivity contribution is 0.408. The molecular formula is C11H13BN2O3. The van der Waals surface area contributed by atoms with Crippen LogP contribution in [0.2, 0.25) is 0 Å². The van der Waals surface area contributed by atoms with Gasteiger partial charge in [0.25, 0.3) is 0 Å². The summed E-state index contributed by atoms with van der Waals surface area (Å²) in [5.41, 5.74) is 1.32. The summed E-state index contributed by atoms with van der Waals surface area (Å²) in [6.07, 6.45) is 5.22. The maximum Gasteiger partial charge on any atom is 0.488 e. The van der Waals surface area contributed by atoms with Crippen molar-refractivity contribution in [2.75, 3.05) is 7.11 Å². The number of benzene rings is 1. The van der Waals surface area contributed by atoms with Crippen molar-refractivity contribution in [3.8, 4) is 5.75 Å². The lowest BCUT2D eigenvalue weighted by Gasteiger charge is -2.11. The second-order valence-electron chi connectivity index (χ2n) is 3.68. The number of hydrogen-bond donors (Lipinski definition) is 2. The van der Waals surface area contributed by atoms with E-state index in [9.17, 15) is 0 Å². The number of imidazole rings is 1. The van der Waals surface area contributed by atoms with E-state index in [1.54, 1.807) is 37.8 Å². The molecule has 0 saturated heterocycles. The van der Waals surface area contributed by atoms with Crippen molar-refractivity contribution in [3.63, 3.8) is 0 Å². The van der Waals surface area contributed by atoms with Gasteiger partial charge in [-0.25, -0.2) is 4.98 Å². The molecule has 0 saturated carbocycles. The zero-order valence-electron chi connectivity index (χ0n) is 9.45. The first-order valence-electron chi connectivity index (χ1n) is 5.19. The minimum atomic E-state index is -1.47. The molecule has 0 fully saturated rings. The minimum Gasteiger partial charge on any atom is -0.496 e. The standard InChI is InChI=1S/C11H13BN2O3/c1-17-11-3-2-10(12(15)16)6-9(11)7-14-5-4-13-8-14/h2-6,8,15-16H,7H2,1H3. The van der Waals surface area contributed by atoms with Crippen molar-refractivity contribution in [1.82, 2.24) is 9.55 Å². The Labute approximate surface area is 99.5 Å². The summed E-state index contributed by atoms with van der Waals surface area (Å²) in [7, 11) is 0.115. The molecule has 0 aliphatic carbocycles. The molecule has 1 aromatic heterocycles. The molecule has 0 radical (unpaired) electrons. The third-order valence-corrected chi connectivity index (χ3v) is 2.51. The van der Waals surface area contributed by atoms with E-state index < -0.39 is 7.12 Å². The molecule has 1 heterocycles. The maximum atomic E-state index is 9.13. The zero-order chi connectivity index (χ0) is 12.3. The van der Waals surface area contributed by atoms with E-state index in [-0.39, 0.29) is 0 Å². The van der Waals surface area contributed by atoms with Gasteiger partial charge in [0.1, 0.15) is 5.75 Å². The molecule has 0 atom stereocenters. The highest BCUT2D eigenvalue weighted by molar-refractivity contribution is 6.58. The van der Waals surface area contributed by atoms with E-state index in [0.717, 1.165) is 5.56 Å². The Balaban J connectivity index is 2.32. The Morgan fingerprint density at radius 1 is 1.41 bits per heavy atom. The van der Waals surface area contributed by atoms with E-state index in [1.165, 1.54) is 0 Å². The fourth-order valence-corrected chi connectivity index (χ4v) is 1.66. The van der Waals surface area contributed by atoms with Crippen LogP contribution in [0.4, 0.5) is 0 Å². The number of nitrogens with zero attached hydrogens (tertiary/aromatic N) is 2. The smallest absolute Gasteiger partial charge is 0.488 e. The van der Waals surface area contributed by atoms with Crippen LogP contribution in [0.25, 0.3) is 0 Å². The molecule has 1 aromatic carbocycles. The molecule has 0 unspecified atom stereocenters. The van der Waals surface area contributed by atoms with Gasteiger partial charge in [-0.15, -0.1) is 0 Å². The van der Waals surface area contributed by atoms with Crippen LogP contribution in [-0.2, 0) is 6.54 Å². The predicted molar refractivity (Wildman–Crippen MR) is 64.1 cm³/mol. The average molecular weight is 232 g/mol. The van der Waals surface area contributed by atoms with Crippen molar-refractivity contribution in [2.24, 2.45) is 0 Å². The summed E-state index contributed by atoms with van der Waals surface area (Å²) in [6, 6.07) is 5.06. The minimum absolute atomic E-state index is 0.445. The fraction of sp³-hybridized carbons (Fsp3) is 0.182. The Kier molecular flexibility index (Phi) is 3.46. The molecule has 5 nitrogen and oxygen atoms in total. The summed E-state index contributed by atoms with van der Waals surface area (Å²) in [5.74, 6) is 0.711. The van der Waals surface area contributed by atoms with Crippen LogP contribution in [0.3, 0.4) is 0 Å². The van der Waals surface area contributed by atoms with E-state index in [1.807, 2.05) is 10.8 Å². The van der Waals surface area contributed by atoms with Gasteiger partial charge in [0.2, 0.25) is 0 Å². The van der Waals surface area contributed by atoms with E-state index in [0.29, 0.717) is 17.8 Å². The second-order valence-corrected chi connectivity index (χ2v) is 3.68. The third kappa shape index (κ3) is 2.66. The molecule has 17 heavy (non-hydrogen) atoms. The summed E-state index contributed by atoms with van der Waals surface area (Å²) >= 11 is 0. The zero-order valence-corrected chi connectivity index (χ0v) is 9.45. The second kappa shape index (κ2) is 5.03. The van der Waals surface area contributed by atoms with E-state index >= 15 is 0 Å². The highest BCUT2D eigenvalue weighted by atomic mass is 16.5. The molecule has 0 bridgehead atoms. The molecular weight excluding hydrogens is 219 g/mol. The van der Waals surface area contributed by atoms with Crippen LogP contribution >= 0.6 is 0 Å². The van der Waals surface area contributed by atoms with Gasteiger partial charge in [-0.3, -0.25) is 0 Å². The number of methoxy groups -OCH3 is 1. The summed E-state index contributed by atoms with van der Waals surface area (Å²) in [5, 5.41) is 18.3. The maximum absolute atomic E-state index is 9.13. The number of ether oxygens (including phenoxy) is 1. The van der Waals surface area contributed by atoms with E-state index in [4.69, 9.17) is 14.8 Å². The Morgan fingerprint density at radius 3 is 2.82 bits per heavy atom. The summed E-state index contributed by atoms with van der Waals surface area (Å²) in [6.45, 7) is 0.573. The van der Waals surface area contributed by atoms with Crippen molar-refractivity contribution in [2.45, 2.75) is 6.54 Å². The number of hydrogen-bond acceptors (Lipinski definition) is 4. The summed E-state index contributed by atoms with van der Waals surface area (Å²) in [4.78, 5) is 3.95. The van der Waals surface area contributed by atoms with Crippen LogP contribution in [-0.4, -0.2) is 33.8 Å². The molecule has 0 aliphatic heterocycles. The Morgan fingerprint density at radius 2 is 2.24 bits per heavy atom. The topological polar surface area (TPSA) is 67.5 Å². The molecule has 88 valence electrons. The highest BCUT2D eigenvalue weighted by Gasteiger charge is 2.13. The van der Waals surface area contributed by atoms with Gasteiger partial charge in [-0.05, 0) is 11.5 Å². The van der Waals surface area contributed by atoms with Crippen molar-refractivity contribution in [3.05, 3.63) is 42.5 Å². The molecule has 2 N–H and O–H groups in total. The van der Waals surface area contributed by atoms with E-state index in [2.05, 4.69) is 4.98 Å². The van der Waals surface area contributed by atoms with Gasteiger partial charge in [0.05, 0.1) is 20.0 Å². The molecule has 0 aliphatic rings. The van der Waals surface area contributed by atoms with Gasteiger partial charge in [-0.2, -0.15) is 0 Å². The van der Waals surface area contributed by atoms with Gasteiger partial charge in [-0.1, -0.05) is 12.1 Å². The van der Waals surface area contributed by atoms with Gasteiger partial charge in [0.15, 0.2) is 0 Å². The first kappa shape index (κ1) is 11.7. The first-order valence-corrected chi connectivity index (χ1v) is 5.19. The van der Waals surface area contributed by atoms with Crippen LogP contribution in [0.1, 0.15) is 5.56 Å². The third-order valence-electron chi connectivity index (χ3n) is 2.51. The lowest BCUT2D eigenvalue weighted by Crippen LogP contribution is -2.30. The number of rotatable bonds is 4. The van der Waals surface area contributed by atoms with Crippen LogP contribution in [0, 0.1) is 0 Å². The summed E-state index contributed by atoms with van der Waals surface area (Å²) < 4.78 is 7.11. The molecule has 6 heteroatoms. The normalized spacial score (nSPS) is 10.3. The highest BCUT2D eigenvalue weighted by Crippen LogP contribution is 2.17. The van der Waals surface area contributed by atoms with Crippen molar-refractivity contribution in [1.29, 1.82) is 0 Å². The van der Waals surface area contributed by atoms with Crippen molar-refractivity contribution < 1.29 is 14.8 Å². The van der Waals surface area contributed by atoms with Crippen LogP contribution < -0.4 is 10.2 Å². The predicted octanol–water partition coefficient (Wildman–Crippen LogP) is -0.380. The number of aromatic nitrogens is 2. The van der Waals surface area contributed by atoms with Crippen molar-refractivity contribution >= 4 is 12.6 Å². The Bertz CT molecular complexity index is 485. The largest absolute Gasteiger partial charge is 0.496 e. The van der Waals surface area contributed by atoms with Gasteiger partial charge in [0, 0.05) is 18.0 Å². The molecule has 2 rings (SSSR count). The van der Waals surface area contributed by atoms with Crippen LogP contribution in [0.5, 0.6) is 5.75 Å². The van der Waals surface area contributed by atoms with Gasteiger partial charge < -0.3 is 19.4 Å². The monoisotopic (exact) mass is 232 g/mol. The molecule has 2 aromatic rings. The fourth-order valence-electron chi connectivity index (χ4n) is 1.66. The average Bonchev–Trinajstić information content (AvgIpc) is 2.81. The SMILES string of the molecule is COc1ccc(B(O)O)cc1Cn1ccnc1. The molecule has 0 spiro atoms.